The summed E-state index contributed by atoms with van der Waals surface area (Å²) in [5, 5.41) is 0.456. The van der Waals surface area contributed by atoms with E-state index in [0.717, 1.165) is 4.70 Å². The van der Waals surface area contributed by atoms with Gasteiger partial charge < -0.3 is 14.4 Å². The van der Waals surface area contributed by atoms with Gasteiger partial charge in [0.05, 0.1) is 24.9 Å². The second kappa shape index (κ2) is 8.76. The number of esters is 1. The molecule has 1 fully saturated rings. The van der Waals surface area contributed by atoms with Crippen LogP contribution in [-0.2, 0) is 9.53 Å². The number of hydrogen-bond donors (Lipinski definition) is 0. The van der Waals surface area contributed by atoms with E-state index in [2.05, 4.69) is 23.4 Å². The Morgan fingerprint density at radius 1 is 1.50 bits per heavy atom. The van der Waals surface area contributed by atoms with Gasteiger partial charge in [0.15, 0.2) is 5.13 Å². The Kier molecular flexibility index (Phi) is 6.16. The first kappa shape index (κ1) is 19.7. The Labute approximate surface area is 167 Å². The molecule has 0 spiro atoms. The van der Waals surface area contributed by atoms with E-state index < -0.39 is 6.23 Å². The Morgan fingerprint density at radius 3 is 3.04 bits per heavy atom. The third kappa shape index (κ3) is 3.94. The van der Waals surface area contributed by atoms with E-state index in [1.807, 2.05) is 18.2 Å². The highest BCUT2D eigenvalue weighted by atomic mass is 32.1. The normalized spacial score (nSPS) is 16.1. The van der Waals surface area contributed by atoms with E-state index in [1.54, 1.807) is 25.0 Å². The molecule has 1 saturated heterocycles. The molecule has 2 aromatic rings. The number of carbonyl (C=O) groups excluding carboxylic acids is 2. The summed E-state index contributed by atoms with van der Waals surface area (Å²) in [7, 11) is 1.57. The molecule has 7 nitrogen and oxygen atoms in total. The number of methoxy groups -OCH3 is 1. The number of urea groups is 1. The molecule has 1 aromatic carbocycles. The molecule has 0 saturated carbocycles. The van der Waals surface area contributed by atoms with E-state index in [9.17, 15) is 9.59 Å². The molecule has 28 heavy (non-hydrogen) atoms. The van der Waals surface area contributed by atoms with E-state index in [-0.39, 0.29) is 31.5 Å². The van der Waals surface area contributed by atoms with E-state index in [0.29, 0.717) is 22.8 Å². The van der Waals surface area contributed by atoms with Crippen LogP contribution in [0, 0.1) is 11.8 Å². The smallest absolute Gasteiger partial charge is 0.330 e. The summed E-state index contributed by atoms with van der Waals surface area (Å²) < 4.78 is 11.8. The molecule has 8 heteroatoms. The monoisotopic (exact) mass is 399 g/mol. The summed E-state index contributed by atoms with van der Waals surface area (Å²) in [6.45, 7) is 5.82. The molecule has 1 aromatic heterocycles. The minimum atomic E-state index is -0.755. The Hall–Kier alpha value is -3.05. The summed E-state index contributed by atoms with van der Waals surface area (Å²) in [5.41, 5.74) is 0.668. The predicted molar refractivity (Wildman–Crippen MR) is 108 cm³/mol. The number of amides is 2. The number of anilines is 1. The van der Waals surface area contributed by atoms with Gasteiger partial charge in [0.1, 0.15) is 11.3 Å². The van der Waals surface area contributed by atoms with Crippen molar-refractivity contribution in [1.82, 2.24) is 9.88 Å². The minimum Gasteiger partial charge on any atom is -0.494 e. The number of fused-ring (bicyclic) bond motifs is 1. The Balaban J connectivity index is 1.93. The van der Waals surface area contributed by atoms with Gasteiger partial charge in [-0.2, -0.15) is 0 Å². The molecule has 1 unspecified atom stereocenters. The van der Waals surface area contributed by atoms with Crippen molar-refractivity contribution in [3.05, 3.63) is 30.9 Å². The average molecular weight is 399 g/mol. The van der Waals surface area contributed by atoms with Crippen LogP contribution in [-0.4, -0.2) is 48.3 Å². The van der Waals surface area contributed by atoms with Crippen molar-refractivity contribution in [3.8, 4) is 17.6 Å². The zero-order chi connectivity index (χ0) is 20.1. The lowest BCUT2D eigenvalue weighted by Crippen LogP contribution is -2.37. The number of rotatable bonds is 7. The minimum absolute atomic E-state index is 0.213. The zero-order valence-electron chi connectivity index (χ0n) is 15.8. The zero-order valence-corrected chi connectivity index (χ0v) is 16.6. The molecular weight excluding hydrogens is 378 g/mol. The van der Waals surface area contributed by atoms with Gasteiger partial charge in [-0.25, -0.2) is 14.7 Å². The van der Waals surface area contributed by atoms with Gasteiger partial charge >= 0.3 is 12.0 Å². The van der Waals surface area contributed by atoms with Gasteiger partial charge in [0.2, 0.25) is 6.23 Å². The molecule has 0 radical (unpaired) electrons. The molecule has 1 aliphatic rings. The molecule has 2 amide bonds. The summed E-state index contributed by atoms with van der Waals surface area (Å²) in [6.07, 6.45) is 1.63. The van der Waals surface area contributed by atoms with Crippen LogP contribution in [0.5, 0.6) is 5.75 Å². The molecule has 0 N–H and O–H groups in total. The molecular formula is C20H21N3O4S. The second-order valence-corrected chi connectivity index (χ2v) is 7.04. The van der Waals surface area contributed by atoms with Crippen LogP contribution in [0.15, 0.2) is 30.9 Å². The summed E-state index contributed by atoms with van der Waals surface area (Å²) in [5.74, 6) is 5.90. The highest BCUT2D eigenvalue weighted by Gasteiger charge is 2.42. The van der Waals surface area contributed by atoms with Crippen LogP contribution < -0.4 is 9.64 Å². The highest BCUT2D eigenvalue weighted by molar-refractivity contribution is 7.22. The average Bonchev–Trinajstić information content (AvgIpc) is 3.25. The van der Waals surface area contributed by atoms with E-state index in [4.69, 9.17) is 9.47 Å². The van der Waals surface area contributed by atoms with E-state index in [1.165, 1.54) is 16.2 Å². The van der Waals surface area contributed by atoms with Crippen molar-refractivity contribution in [1.29, 1.82) is 0 Å². The van der Waals surface area contributed by atoms with Gasteiger partial charge in [-0.05, 0) is 25.5 Å². The first-order valence-corrected chi connectivity index (χ1v) is 9.62. The van der Waals surface area contributed by atoms with Crippen LogP contribution in [0.1, 0.15) is 19.8 Å². The fourth-order valence-corrected chi connectivity index (χ4v) is 3.85. The fourth-order valence-electron chi connectivity index (χ4n) is 2.84. The van der Waals surface area contributed by atoms with Crippen LogP contribution in [0.4, 0.5) is 9.93 Å². The predicted octanol–water partition coefficient (Wildman–Crippen LogP) is 3.41. The van der Waals surface area contributed by atoms with Crippen LogP contribution in [0.2, 0.25) is 0 Å². The maximum absolute atomic E-state index is 13.0. The molecule has 2 heterocycles. The van der Waals surface area contributed by atoms with Gasteiger partial charge in [-0.15, -0.1) is 12.5 Å². The molecule has 0 bridgehead atoms. The standard InChI is InChI=1S/C20H21N3O4S/c1-4-6-11-17(24)27-16-13-22(12-7-5-2)20(25)23(16)19-21-18-14(26-3)9-8-10-15(18)28-19/h4,8-10,16H,1,6,11-13H2,2-3H3. The third-order valence-corrected chi connectivity index (χ3v) is 5.22. The number of aromatic nitrogens is 1. The number of benzene rings is 1. The molecule has 0 aliphatic carbocycles. The van der Waals surface area contributed by atoms with Crippen molar-refractivity contribution in [2.24, 2.45) is 0 Å². The molecule has 1 aliphatic heterocycles. The van der Waals surface area contributed by atoms with Crippen LogP contribution >= 0.6 is 11.3 Å². The van der Waals surface area contributed by atoms with Gasteiger partial charge in [0, 0.05) is 6.42 Å². The van der Waals surface area contributed by atoms with Gasteiger partial charge in [-0.1, -0.05) is 29.4 Å². The first-order valence-electron chi connectivity index (χ1n) is 8.80. The number of ether oxygens (including phenoxy) is 2. The number of nitrogens with zero attached hydrogens (tertiary/aromatic N) is 3. The lowest BCUT2D eigenvalue weighted by atomic mass is 10.3. The van der Waals surface area contributed by atoms with Crippen molar-refractivity contribution in [2.75, 3.05) is 25.1 Å². The van der Waals surface area contributed by atoms with Crippen LogP contribution in [0.25, 0.3) is 10.2 Å². The maximum Gasteiger partial charge on any atom is 0.330 e. The highest BCUT2D eigenvalue weighted by Crippen LogP contribution is 2.36. The Bertz CT molecular complexity index is 959. The van der Waals surface area contributed by atoms with Crippen molar-refractivity contribution in [3.63, 3.8) is 0 Å². The number of para-hydroxylation sites is 1. The third-order valence-electron chi connectivity index (χ3n) is 4.20. The number of hydrogen-bond acceptors (Lipinski definition) is 6. The lowest BCUT2D eigenvalue weighted by molar-refractivity contribution is -0.148. The van der Waals surface area contributed by atoms with Crippen LogP contribution in [0.3, 0.4) is 0 Å². The summed E-state index contributed by atoms with van der Waals surface area (Å²) in [4.78, 5) is 32.7. The number of thiazole rings is 1. The maximum atomic E-state index is 13.0. The summed E-state index contributed by atoms with van der Waals surface area (Å²) in [6, 6.07) is 5.30. The largest absolute Gasteiger partial charge is 0.494 e. The molecule has 3 rings (SSSR count). The molecule has 1 atom stereocenters. The topological polar surface area (TPSA) is 72.0 Å². The Morgan fingerprint density at radius 2 is 2.32 bits per heavy atom. The van der Waals surface area contributed by atoms with Gasteiger partial charge in [-0.3, -0.25) is 4.79 Å². The molecule has 146 valence electrons. The van der Waals surface area contributed by atoms with Crippen molar-refractivity contribution in [2.45, 2.75) is 26.0 Å². The van der Waals surface area contributed by atoms with Crippen molar-refractivity contribution < 1.29 is 19.1 Å². The van der Waals surface area contributed by atoms with Gasteiger partial charge in [0.25, 0.3) is 0 Å². The quantitative estimate of drug-likeness (QED) is 0.405. The number of allylic oxidation sites excluding steroid dienone is 1. The summed E-state index contributed by atoms with van der Waals surface area (Å²) >= 11 is 1.35. The number of carbonyl (C=O) groups is 2. The SMILES string of the molecule is C=CCCC(=O)OC1CN(CC#CC)C(=O)N1c1nc2c(OC)cccc2s1. The van der Waals surface area contributed by atoms with Crippen molar-refractivity contribution >= 4 is 38.7 Å². The second-order valence-electron chi connectivity index (χ2n) is 6.04. The fraction of sp³-hybridized carbons (Fsp3) is 0.350. The first-order chi connectivity index (χ1) is 13.6. The lowest BCUT2D eigenvalue weighted by Gasteiger charge is -2.20. The van der Waals surface area contributed by atoms with E-state index >= 15 is 0 Å².